The van der Waals surface area contributed by atoms with Crippen LogP contribution in [0, 0.1) is 0 Å². The first-order valence-electron chi connectivity index (χ1n) is 5.64. The minimum absolute atomic E-state index is 0.0156. The average molecular weight is 211 g/mol. The topological polar surface area (TPSA) is 39.2 Å². The SMILES string of the molecule is CC.CC(C)(N)CC(C)(C)c1ccco1. The number of hydrogen-bond acceptors (Lipinski definition) is 2. The van der Waals surface area contributed by atoms with E-state index in [1.54, 1.807) is 6.26 Å². The van der Waals surface area contributed by atoms with Gasteiger partial charge in [0.15, 0.2) is 0 Å². The third-order valence-electron chi connectivity index (χ3n) is 2.09. The van der Waals surface area contributed by atoms with Crippen LogP contribution in [0.5, 0.6) is 0 Å². The van der Waals surface area contributed by atoms with Crippen molar-refractivity contribution in [2.24, 2.45) is 5.73 Å². The van der Waals surface area contributed by atoms with E-state index in [0.717, 1.165) is 12.2 Å². The third-order valence-corrected chi connectivity index (χ3v) is 2.09. The lowest BCUT2D eigenvalue weighted by Gasteiger charge is -2.30. The Morgan fingerprint density at radius 1 is 1.20 bits per heavy atom. The molecule has 1 heterocycles. The fourth-order valence-electron chi connectivity index (χ4n) is 1.89. The summed E-state index contributed by atoms with van der Waals surface area (Å²) < 4.78 is 5.39. The quantitative estimate of drug-likeness (QED) is 0.827. The molecule has 15 heavy (non-hydrogen) atoms. The molecule has 1 rings (SSSR count). The lowest BCUT2D eigenvalue weighted by Crippen LogP contribution is -2.38. The molecule has 0 aromatic carbocycles. The zero-order chi connectivity index (χ0) is 12.1. The van der Waals surface area contributed by atoms with Gasteiger partial charge in [0.2, 0.25) is 0 Å². The van der Waals surface area contributed by atoms with Crippen molar-refractivity contribution in [3.05, 3.63) is 24.2 Å². The highest BCUT2D eigenvalue weighted by Crippen LogP contribution is 2.31. The molecule has 1 aromatic heterocycles. The Bertz CT molecular complexity index is 255. The van der Waals surface area contributed by atoms with Gasteiger partial charge in [0.1, 0.15) is 5.76 Å². The lowest BCUT2D eigenvalue weighted by molar-refractivity contribution is 0.299. The van der Waals surface area contributed by atoms with Crippen LogP contribution in [0.4, 0.5) is 0 Å². The average Bonchev–Trinajstić information content (AvgIpc) is 2.55. The standard InChI is InChI=1S/C11H19NO.C2H6/c1-10(2,8-11(3,4)12)9-6-5-7-13-9;1-2/h5-7H,8,12H2,1-4H3;1-2H3. The van der Waals surface area contributed by atoms with Gasteiger partial charge in [-0.15, -0.1) is 0 Å². The summed E-state index contributed by atoms with van der Waals surface area (Å²) in [6.07, 6.45) is 2.62. The van der Waals surface area contributed by atoms with E-state index in [1.807, 2.05) is 39.8 Å². The van der Waals surface area contributed by atoms with E-state index < -0.39 is 0 Å². The van der Waals surface area contributed by atoms with E-state index in [9.17, 15) is 0 Å². The second-order valence-corrected chi connectivity index (χ2v) is 5.03. The Morgan fingerprint density at radius 3 is 2.07 bits per heavy atom. The lowest BCUT2D eigenvalue weighted by atomic mass is 9.79. The maximum Gasteiger partial charge on any atom is 0.109 e. The van der Waals surface area contributed by atoms with Crippen LogP contribution in [0.1, 0.15) is 53.7 Å². The first-order valence-corrected chi connectivity index (χ1v) is 5.64. The van der Waals surface area contributed by atoms with Gasteiger partial charge >= 0.3 is 0 Å². The number of nitrogens with two attached hydrogens (primary N) is 1. The van der Waals surface area contributed by atoms with Crippen LogP contribution in [0.2, 0.25) is 0 Å². The molecule has 2 heteroatoms. The Morgan fingerprint density at radius 2 is 1.73 bits per heavy atom. The van der Waals surface area contributed by atoms with Crippen LogP contribution < -0.4 is 5.73 Å². The Balaban J connectivity index is 0.000000921. The highest BCUT2D eigenvalue weighted by molar-refractivity contribution is 5.12. The summed E-state index contributed by atoms with van der Waals surface area (Å²) in [4.78, 5) is 0. The van der Waals surface area contributed by atoms with Gasteiger partial charge in [-0.05, 0) is 32.4 Å². The summed E-state index contributed by atoms with van der Waals surface area (Å²) in [6.45, 7) is 12.4. The zero-order valence-electron chi connectivity index (χ0n) is 10.9. The molecule has 2 nitrogen and oxygen atoms in total. The number of rotatable bonds is 3. The molecule has 0 aliphatic rings. The molecule has 0 aliphatic carbocycles. The molecule has 0 aliphatic heterocycles. The summed E-state index contributed by atoms with van der Waals surface area (Å²) in [5, 5.41) is 0. The van der Waals surface area contributed by atoms with Crippen molar-refractivity contribution in [3.8, 4) is 0 Å². The maximum atomic E-state index is 5.99. The Kier molecular flexibility index (Phi) is 5.09. The van der Waals surface area contributed by atoms with E-state index in [0.29, 0.717) is 0 Å². The fraction of sp³-hybridized carbons (Fsp3) is 0.692. The molecule has 0 spiro atoms. The molecule has 0 saturated carbocycles. The van der Waals surface area contributed by atoms with Crippen molar-refractivity contribution in [1.29, 1.82) is 0 Å². The minimum Gasteiger partial charge on any atom is -0.469 e. The molecule has 0 saturated heterocycles. The molecule has 0 bridgehead atoms. The molecule has 0 radical (unpaired) electrons. The van der Waals surface area contributed by atoms with Crippen molar-refractivity contribution in [2.75, 3.05) is 0 Å². The minimum atomic E-state index is -0.156. The van der Waals surface area contributed by atoms with Gasteiger partial charge < -0.3 is 10.2 Å². The molecule has 2 N–H and O–H groups in total. The predicted molar refractivity (Wildman–Crippen MR) is 66.0 cm³/mol. The van der Waals surface area contributed by atoms with E-state index in [2.05, 4.69) is 13.8 Å². The number of hydrogen-bond donors (Lipinski definition) is 1. The molecule has 0 amide bonds. The summed E-state index contributed by atoms with van der Waals surface area (Å²) >= 11 is 0. The second kappa shape index (κ2) is 5.36. The molecule has 0 unspecified atom stereocenters. The van der Waals surface area contributed by atoms with E-state index in [-0.39, 0.29) is 11.0 Å². The van der Waals surface area contributed by atoms with Crippen LogP contribution in [0.3, 0.4) is 0 Å². The van der Waals surface area contributed by atoms with Gasteiger partial charge in [-0.25, -0.2) is 0 Å². The maximum absolute atomic E-state index is 5.99. The van der Waals surface area contributed by atoms with Crippen LogP contribution in [-0.2, 0) is 5.41 Å². The largest absolute Gasteiger partial charge is 0.469 e. The van der Waals surface area contributed by atoms with Gasteiger partial charge in [-0.2, -0.15) is 0 Å². The zero-order valence-corrected chi connectivity index (χ0v) is 10.9. The van der Waals surface area contributed by atoms with Gasteiger partial charge in [0.25, 0.3) is 0 Å². The second-order valence-electron chi connectivity index (χ2n) is 5.03. The van der Waals surface area contributed by atoms with E-state index in [1.165, 1.54) is 0 Å². The van der Waals surface area contributed by atoms with Gasteiger partial charge in [0, 0.05) is 11.0 Å². The Labute approximate surface area is 93.9 Å². The molecule has 0 fully saturated rings. The first kappa shape index (κ1) is 14.2. The van der Waals surface area contributed by atoms with Crippen LogP contribution in [0.15, 0.2) is 22.8 Å². The third kappa shape index (κ3) is 5.03. The molecular formula is C13H25NO. The van der Waals surface area contributed by atoms with Gasteiger partial charge in [0.05, 0.1) is 6.26 Å². The molecule has 88 valence electrons. The smallest absolute Gasteiger partial charge is 0.109 e. The van der Waals surface area contributed by atoms with Crippen molar-refractivity contribution < 1.29 is 4.42 Å². The fourth-order valence-corrected chi connectivity index (χ4v) is 1.89. The monoisotopic (exact) mass is 211 g/mol. The van der Waals surface area contributed by atoms with Crippen LogP contribution in [-0.4, -0.2) is 5.54 Å². The van der Waals surface area contributed by atoms with Gasteiger partial charge in [-0.3, -0.25) is 0 Å². The highest BCUT2D eigenvalue weighted by atomic mass is 16.3. The van der Waals surface area contributed by atoms with Crippen molar-refractivity contribution in [2.45, 2.75) is 58.9 Å². The van der Waals surface area contributed by atoms with Crippen LogP contribution >= 0.6 is 0 Å². The van der Waals surface area contributed by atoms with Crippen molar-refractivity contribution in [3.63, 3.8) is 0 Å². The normalized spacial score (nSPS) is 11.9. The van der Waals surface area contributed by atoms with Crippen molar-refractivity contribution >= 4 is 0 Å². The highest BCUT2D eigenvalue weighted by Gasteiger charge is 2.29. The predicted octanol–water partition coefficient (Wildman–Crippen LogP) is 3.71. The molecular weight excluding hydrogens is 186 g/mol. The summed E-state index contributed by atoms with van der Waals surface area (Å²) in [5.41, 5.74) is 5.85. The summed E-state index contributed by atoms with van der Waals surface area (Å²) in [6, 6.07) is 3.92. The Hall–Kier alpha value is -0.760. The van der Waals surface area contributed by atoms with Crippen molar-refractivity contribution in [1.82, 2.24) is 0 Å². The van der Waals surface area contributed by atoms with Gasteiger partial charge in [-0.1, -0.05) is 27.7 Å². The summed E-state index contributed by atoms with van der Waals surface area (Å²) in [5.74, 6) is 1.01. The molecule has 0 atom stereocenters. The van der Waals surface area contributed by atoms with E-state index in [4.69, 9.17) is 10.2 Å². The summed E-state index contributed by atoms with van der Waals surface area (Å²) in [7, 11) is 0. The molecule has 1 aromatic rings. The number of furan rings is 1. The first-order chi connectivity index (χ1) is 6.81. The van der Waals surface area contributed by atoms with Crippen LogP contribution in [0.25, 0.3) is 0 Å². The van der Waals surface area contributed by atoms with E-state index >= 15 is 0 Å².